The van der Waals surface area contributed by atoms with Crippen LogP contribution in [0.25, 0.3) is 0 Å². The second-order valence-corrected chi connectivity index (χ2v) is 8.73. The highest BCUT2D eigenvalue weighted by Gasteiger charge is 2.45. The maximum Gasteiger partial charge on any atom is 0.253 e. The van der Waals surface area contributed by atoms with E-state index in [4.69, 9.17) is 14.6 Å². The van der Waals surface area contributed by atoms with Crippen LogP contribution in [0, 0.1) is 5.41 Å². The van der Waals surface area contributed by atoms with Crippen molar-refractivity contribution in [3.63, 3.8) is 0 Å². The van der Waals surface area contributed by atoms with E-state index in [1.165, 1.54) is 12.3 Å². The predicted molar refractivity (Wildman–Crippen MR) is 103 cm³/mol. The van der Waals surface area contributed by atoms with Crippen molar-refractivity contribution >= 4 is 28.7 Å². The van der Waals surface area contributed by atoms with Crippen LogP contribution in [0.4, 0.5) is 0 Å². The highest BCUT2D eigenvalue weighted by molar-refractivity contribution is 8.13. The first-order valence-corrected chi connectivity index (χ1v) is 9.82. The Morgan fingerprint density at radius 1 is 1.30 bits per heavy atom. The molecule has 9 heteroatoms. The van der Waals surface area contributed by atoms with Gasteiger partial charge in [0.05, 0.1) is 12.7 Å². The fraction of sp³-hybridized carbons (Fsp3) is 0.722. The molecule has 1 aliphatic rings. The molecule has 27 heavy (non-hydrogen) atoms. The van der Waals surface area contributed by atoms with Crippen molar-refractivity contribution in [2.75, 3.05) is 18.9 Å². The zero-order chi connectivity index (χ0) is 20.7. The molecule has 3 N–H and O–H groups in total. The predicted octanol–water partition coefficient (Wildman–Crippen LogP) is 0.941. The molecule has 0 aliphatic carbocycles. The molecular formula is C18H30N2O6S. The number of carbonyl (C=O) groups is 3. The van der Waals surface area contributed by atoms with Gasteiger partial charge in [0.1, 0.15) is 6.10 Å². The third-order valence-corrected chi connectivity index (χ3v) is 4.62. The van der Waals surface area contributed by atoms with E-state index in [2.05, 4.69) is 10.6 Å². The van der Waals surface area contributed by atoms with E-state index in [9.17, 15) is 14.4 Å². The van der Waals surface area contributed by atoms with Crippen molar-refractivity contribution in [1.82, 2.24) is 10.6 Å². The maximum absolute atomic E-state index is 12.4. The lowest BCUT2D eigenvalue weighted by Crippen LogP contribution is -2.55. The topological polar surface area (TPSA) is 114 Å². The summed E-state index contributed by atoms with van der Waals surface area (Å²) >= 11 is 1.06. The van der Waals surface area contributed by atoms with Crippen LogP contribution in [-0.2, 0) is 23.9 Å². The van der Waals surface area contributed by atoms with Crippen molar-refractivity contribution in [2.24, 2.45) is 5.41 Å². The lowest BCUT2D eigenvalue weighted by molar-refractivity contribution is -0.303. The minimum absolute atomic E-state index is 0.0893. The number of aliphatic hydroxyl groups is 1. The highest BCUT2D eigenvalue weighted by Crippen LogP contribution is 2.34. The molecule has 154 valence electrons. The summed E-state index contributed by atoms with van der Waals surface area (Å²) < 4.78 is 11.3. The molecule has 2 atom stereocenters. The summed E-state index contributed by atoms with van der Waals surface area (Å²) in [5, 5.41) is 14.1. The number of aliphatic hydroxyl groups excluding tert-OH is 1. The van der Waals surface area contributed by atoms with E-state index < -0.39 is 23.4 Å². The van der Waals surface area contributed by atoms with Gasteiger partial charge in [-0.2, -0.15) is 0 Å². The standard InChI is InChI=1S/C18H30N2O6S/c1-12(21)10-14(23)27-9-8-19-13(22)6-7-20-16(24)15-17(2,3)11-25-18(4,5)26-15/h6-7,12,15,21H,8-11H2,1-5H3,(H,19,22)(H,20,24)/t12-,15+/m1/s1. The molecule has 1 aliphatic heterocycles. The average molecular weight is 403 g/mol. The molecule has 1 saturated heterocycles. The van der Waals surface area contributed by atoms with Crippen LogP contribution in [0.2, 0.25) is 0 Å². The van der Waals surface area contributed by atoms with Crippen LogP contribution in [0.5, 0.6) is 0 Å². The van der Waals surface area contributed by atoms with Crippen molar-refractivity contribution < 1.29 is 29.0 Å². The Labute approximate surface area is 164 Å². The van der Waals surface area contributed by atoms with Crippen LogP contribution in [-0.4, -0.2) is 58.9 Å². The normalized spacial score (nSPS) is 22.2. The molecule has 0 bridgehead atoms. The first-order chi connectivity index (χ1) is 12.4. The van der Waals surface area contributed by atoms with Crippen LogP contribution in [0.15, 0.2) is 12.3 Å². The highest BCUT2D eigenvalue weighted by atomic mass is 32.2. The first kappa shape index (κ1) is 23.6. The van der Waals surface area contributed by atoms with Gasteiger partial charge in [-0.05, 0) is 20.8 Å². The zero-order valence-corrected chi connectivity index (χ0v) is 17.4. The lowest BCUT2D eigenvalue weighted by Gasteiger charge is -2.44. The lowest BCUT2D eigenvalue weighted by atomic mass is 9.85. The van der Waals surface area contributed by atoms with E-state index in [0.29, 0.717) is 18.9 Å². The Balaban J connectivity index is 2.35. The minimum atomic E-state index is -0.846. The Kier molecular flexibility index (Phi) is 8.93. The van der Waals surface area contributed by atoms with Crippen molar-refractivity contribution in [1.29, 1.82) is 0 Å². The van der Waals surface area contributed by atoms with Crippen LogP contribution < -0.4 is 10.6 Å². The zero-order valence-electron chi connectivity index (χ0n) is 16.5. The molecular weight excluding hydrogens is 372 g/mol. The fourth-order valence-corrected chi connectivity index (χ4v) is 3.09. The van der Waals surface area contributed by atoms with Gasteiger partial charge in [0.25, 0.3) is 5.91 Å². The van der Waals surface area contributed by atoms with Crippen LogP contribution in [0.3, 0.4) is 0 Å². The number of rotatable bonds is 8. The minimum Gasteiger partial charge on any atom is -0.393 e. The molecule has 8 nitrogen and oxygen atoms in total. The molecule has 1 rings (SSSR count). The van der Waals surface area contributed by atoms with Crippen molar-refractivity contribution in [3.05, 3.63) is 12.3 Å². The van der Waals surface area contributed by atoms with Gasteiger partial charge in [-0.15, -0.1) is 0 Å². The second kappa shape index (κ2) is 10.2. The quantitative estimate of drug-likeness (QED) is 0.409. The van der Waals surface area contributed by atoms with E-state index >= 15 is 0 Å². The number of amides is 2. The van der Waals surface area contributed by atoms with Gasteiger partial charge in [-0.25, -0.2) is 0 Å². The summed E-state index contributed by atoms with van der Waals surface area (Å²) in [5.74, 6) is -1.16. The molecule has 0 aromatic carbocycles. The Bertz CT molecular complexity index is 574. The molecule has 0 spiro atoms. The largest absolute Gasteiger partial charge is 0.393 e. The first-order valence-electron chi connectivity index (χ1n) is 8.83. The van der Waals surface area contributed by atoms with Gasteiger partial charge in [0.2, 0.25) is 5.91 Å². The summed E-state index contributed by atoms with van der Waals surface area (Å²) in [4.78, 5) is 35.5. The van der Waals surface area contributed by atoms with E-state index in [0.717, 1.165) is 11.8 Å². The smallest absolute Gasteiger partial charge is 0.253 e. The number of hydrogen-bond acceptors (Lipinski definition) is 7. The van der Waals surface area contributed by atoms with Crippen molar-refractivity contribution in [3.8, 4) is 0 Å². The van der Waals surface area contributed by atoms with Crippen molar-refractivity contribution in [2.45, 2.75) is 59.0 Å². The summed E-state index contributed by atoms with van der Waals surface area (Å²) in [5.41, 5.74) is -0.495. The molecule has 0 unspecified atom stereocenters. The van der Waals surface area contributed by atoms with E-state index in [1.807, 2.05) is 13.8 Å². The molecule has 2 amide bonds. The number of hydrogen-bond donors (Lipinski definition) is 3. The fourth-order valence-electron chi connectivity index (χ4n) is 2.29. The molecule has 0 aromatic heterocycles. The van der Waals surface area contributed by atoms with Gasteiger partial charge in [-0.3, -0.25) is 14.4 Å². The number of ether oxygens (including phenoxy) is 2. The van der Waals surface area contributed by atoms with Gasteiger partial charge >= 0.3 is 0 Å². The molecule has 0 saturated carbocycles. The molecule has 0 radical (unpaired) electrons. The van der Waals surface area contributed by atoms with Gasteiger partial charge < -0.3 is 25.2 Å². The summed E-state index contributed by atoms with van der Waals surface area (Å²) in [6.45, 7) is 9.47. The van der Waals surface area contributed by atoms with E-state index in [1.54, 1.807) is 20.8 Å². The molecule has 1 heterocycles. The molecule has 1 fully saturated rings. The monoisotopic (exact) mass is 402 g/mol. The van der Waals surface area contributed by atoms with Gasteiger partial charge in [0, 0.05) is 36.4 Å². The summed E-state index contributed by atoms with van der Waals surface area (Å²) in [6, 6.07) is 0. The Hall–Kier alpha value is -1.42. The van der Waals surface area contributed by atoms with Gasteiger partial charge in [0.15, 0.2) is 10.9 Å². The third-order valence-electron chi connectivity index (χ3n) is 3.73. The average Bonchev–Trinajstić information content (AvgIpc) is 2.53. The molecule has 0 aromatic rings. The maximum atomic E-state index is 12.4. The summed E-state index contributed by atoms with van der Waals surface area (Å²) in [7, 11) is 0. The Morgan fingerprint density at radius 3 is 2.59 bits per heavy atom. The van der Waals surface area contributed by atoms with Crippen LogP contribution in [0.1, 0.15) is 41.0 Å². The van der Waals surface area contributed by atoms with Crippen LogP contribution >= 0.6 is 11.8 Å². The Morgan fingerprint density at radius 2 is 1.96 bits per heavy atom. The number of thioether (sulfide) groups is 1. The van der Waals surface area contributed by atoms with Gasteiger partial charge in [-0.1, -0.05) is 25.6 Å². The van der Waals surface area contributed by atoms with E-state index in [-0.39, 0.29) is 23.4 Å². The second-order valence-electron chi connectivity index (χ2n) is 7.58. The third kappa shape index (κ3) is 8.87. The number of nitrogens with one attached hydrogen (secondary N) is 2. The SMILES string of the molecule is C[C@@H](O)CC(=O)SCCNC(=O)C=CNC(=O)[C@@H]1OC(C)(C)OCC1(C)C. The number of carbonyl (C=O) groups excluding carboxylic acids is 3. The summed E-state index contributed by atoms with van der Waals surface area (Å²) in [6.07, 6.45) is 1.20.